The molecule has 0 spiro atoms. The van der Waals surface area contributed by atoms with Gasteiger partial charge in [-0.3, -0.25) is 4.79 Å². The zero-order chi connectivity index (χ0) is 17.5. The Hall–Kier alpha value is -1.77. The largest absolute Gasteiger partial charge is 0.464 e. The number of hydrogen-bond donors (Lipinski definition) is 0. The Labute approximate surface area is 145 Å². The van der Waals surface area contributed by atoms with Gasteiger partial charge in [0, 0.05) is 24.0 Å². The highest BCUT2D eigenvalue weighted by Gasteiger charge is 2.26. The summed E-state index contributed by atoms with van der Waals surface area (Å²) in [5, 5.41) is 1.08. The first-order valence-corrected chi connectivity index (χ1v) is 9.02. The highest BCUT2D eigenvalue weighted by atomic mass is 16.3. The number of carbonyl (C=O) groups excluding carboxylic acids is 1. The Bertz CT molecular complexity index is 728. The Morgan fingerprint density at radius 1 is 1.21 bits per heavy atom. The fourth-order valence-electron chi connectivity index (χ4n) is 3.83. The number of benzene rings is 1. The SMILES string of the molecule is CC1CC(C)CN(C(=O)Cc2coc3ccc(C(C)(C)C)cc23)C1. The molecule has 1 aliphatic rings. The monoisotopic (exact) mass is 327 g/mol. The molecule has 1 fully saturated rings. The lowest BCUT2D eigenvalue weighted by Crippen LogP contribution is -2.43. The van der Waals surface area contributed by atoms with Crippen LogP contribution >= 0.6 is 0 Å². The molecule has 2 heterocycles. The third-order valence-corrected chi connectivity index (χ3v) is 5.08. The number of furan rings is 1. The number of rotatable bonds is 2. The average Bonchev–Trinajstić information content (AvgIpc) is 2.87. The average molecular weight is 327 g/mol. The van der Waals surface area contributed by atoms with Crippen LogP contribution in [0.2, 0.25) is 0 Å². The highest BCUT2D eigenvalue weighted by Crippen LogP contribution is 2.30. The smallest absolute Gasteiger partial charge is 0.227 e. The van der Waals surface area contributed by atoms with Crippen molar-refractivity contribution in [3.8, 4) is 0 Å². The molecule has 0 bridgehead atoms. The lowest BCUT2D eigenvalue weighted by molar-refractivity contribution is -0.133. The normalized spacial score (nSPS) is 22.1. The van der Waals surface area contributed by atoms with E-state index in [1.54, 1.807) is 6.26 Å². The predicted molar refractivity (Wildman–Crippen MR) is 98.1 cm³/mol. The van der Waals surface area contributed by atoms with Crippen LogP contribution in [0, 0.1) is 11.8 Å². The molecule has 24 heavy (non-hydrogen) atoms. The van der Waals surface area contributed by atoms with E-state index in [0.717, 1.165) is 29.6 Å². The molecule has 2 aromatic rings. The first-order chi connectivity index (χ1) is 11.2. The van der Waals surface area contributed by atoms with Crippen molar-refractivity contribution >= 4 is 16.9 Å². The maximum Gasteiger partial charge on any atom is 0.227 e. The van der Waals surface area contributed by atoms with Gasteiger partial charge in [-0.25, -0.2) is 0 Å². The molecule has 2 unspecified atom stereocenters. The van der Waals surface area contributed by atoms with Crippen LogP contribution in [0.15, 0.2) is 28.9 Å². The van der Waals surface area contributed by atoms with Crippen molar-refractivity contribution in [1.82, 2.24) is 4.90 Å². The molecular formula is C21H29NO2. The minimum atomic E-state index is 0.0878. The van der Waals surface area contributed by atoms with Gasteiger partial charge in [0.15, 0.2) is 0 Å². The van der Waals surface area contributed by atoms with Gasteiger partial charge < -0.3 is 9.32 Å². The highest BCUT2D eigenvalue weighted by molar-refractivity contribution is 5.88. The minimum absolute atomic E-state index is 0.0878. The number of amides is 1. The van der Waals surface area contributed by atoms with Crippen LogP contribution in [-0.4, -0.2) is 23.9 Å². The molecule has 3 heteroatoms. The molecule has 2 atom stereocenters. The second-order valence-corrected chi connectivity index (χ2v) is 8.64. The third kappa shape index (κ3) is 3.50. The summed E-state index contributed by atoms with van der Waals surface area (Å²) in [5.74, 6) is 1.40. The Kier molecular flexibility index (Phi) is 4.46. The summed E-state index contributed by atoms with van der Waals surface area (Å²) in [6.07, 6.45) is 3.40. The molecule has 1 aromatic heterocycles. The van der Waals surface area contributed by atoms with E-state index in [-0.39, 0.29) is 11.3 Å². The Balaban J connectivity index is 1.83. The van der Waals surface area contributed by atoms with Gasteiger partial charge in [-0.1, -0.05) is 40.7 Å². The van der Waals surface area contributed by atoms with E-state index in [0.29, 0.717) is 18.3 Å². The van der Waals surface area contributed by atoms with E-state index < -0.39 is 0 Å². The van der Waals surface area contributed by atoms with E-state index in [4.69, 9.17) is 4.42 Å². The minimum Gasteiger partial charge on any atom is -0.464 e. The van der Waals surface area contributed by atoms with E-state index >= 15 is 0 Å². The summed E-state index contributed by atoms with van der Waals surface area (Å²) in [6.45, 7) is 12.8. The molecule has 3 rings (SSSR count). The zero-order valence-electron chi connectivity index (χ0n) is 15.6. The Morgan fingerprint density at radius 3 is 2.50 bits per heavy atom. The topological polar surface area (TPSA) is 33.5 Å². The van der Waals surface area contributed by atoms with Crippen molar-refractivity contribution < 1.29 is 9.21 Å². The fraction of sp³-hybridized carbons (Fsp3) is 0.571. The van der Waals surface area contributed by atoms with E-state index in [2.05, 4.69) is 46.8 Å². The van der Waals surface area contributed by atoms with Crippen LogP contribution in [-0.2, 0) is 16.6 Å². The molecule has 0 saturated carbocycles. The van der Waals surface area contributed by atoms with Gasteiger partial charge >= 0.3 is 0 Å². The summed E-state index contributed by atoms with van der Waals surface area (Å²) in [7, 11) is 0. The van der Waals surface area contributed by atoms with Crippen LogP contribution in [0.5, 0.6) is 0 Å². The molecule has 1 saturated heterocycles. The first kappa shape index (κ1) is 17.1. The number of nitrogens with zero attached hydrogens (tertiary/aromatic N) is 1. The van der Waals surface area contributed by atoms with Crippen molar-refractivity contribution in [3.63, 3.8) is 0 Å². The van der Waals surface area contributed by atoms with Crippen molar-refractivity contribution in [2.45, 2.75) is 52.9 Å². The van der Waals surface area contributed by atoms with E-state index in [9.17, 15) is 4.79 Å². The summed E-state index contributed by atoms with van der Waals surface area (Å²) in [5.41, 5.74) is 3.23. The fourth-order valence-corrected chi connectivity index (χ4v) is 3.83. The van der Waals surface area contributed by atoms with Crippen LogP contribution in [0.25, 0.3) is 11.0 Å². The zero-order valence-corrected chi connectivity index (χ0v) is 15.6. The summed E-state index contributed by atoms with van der Waals surface area (Å²) in [4.78, 5) is 14.8. The van der Waals surface area contributed by atoms with Crippen LogP contribution in [0.1, 0.15) is 52.2 Å². The molecule has 0 N–H and O–H groups in total. The summed E-state index contributed by atoms with van der Waals surface area (Å²) >= 11 is 0. The second kappa shape index (κ2) is 6.27. The van der Waals surface area contributed by atoms with Gasteiger partial charge in [0.25, 0.3) is 0 Å². The maximum absolute atomic E-state index is 12.8. The number of likely N-dealkylation sites (tertiary alicyclic amines) is 1. The van der Waals surface area contributed by atoms with Crippen molar-refractivity contribution in [2.24, 2.45) is 11.8 Å². The summed E-state index contributed by atoms with van der Waals surface area (Å²) < 4.78 is 5.68. The first-order valence-electron chi connectivity index (χ1n) is 9.02. The number of piperidine rings is 1. The molecule has 0 aliphatic carbocycles. The number of hydrogen-bond acceptors (Lipinski definition) is 2. The van der Waals surface area contributed by atoms with Gasteiger partial charge in [0.05, 0.1) is 12.7 Å². The van der Waals surface area contributed by atoms with Crippen molar-refractivity contribution in [3.05, 3.63) is 35.6 Å². The van der Waals surface area contributed by atoms with Crippen LogP contribution < -0.4 is 0 Å². The molecule has 1 aromatic carbocycles. The molecular weight excluding hydrogens is 298 g/mol. The Morgan fingerprint density at radius 2 is 1.88 bits per heavy atom. The standard InChI is InChI=1S/C21H29NO2/c1-14-8-15(2)12-22(11-14)20(23)9-16-13-24-19-7-6-17(10-18(16)19)21(3,4)5/h6-7,10,13-15H,8-9,11-12H2,1-5H3. The van der Waals surface area contributed by atoms with E-state index in [1.165, 1.54) is 12.0 Å². The van der Waals surface area contributed by atoms with Crippen molar-refractivity contribution in [1.29, 1.82) is 0 Å². The van der Waals surface area contributed by atoms with Crippen LogP contribution in [0.3, 0.4) is 0 Å². The van der Waals surface area contributed by atoms with Gasteiger partial charge in [0.2, 0.25) is 5.91 Å². The quantitative estimate of drug-likeness (QED) is 0.795. The predicted octanol–water partition coefficient (Wildman–Crippen LogP) is 4.78. The van der Waals surface area contributed by atoms with Crippen molar-refractivity contribution in [2.75, 3.05) is 13.1 Å². The summed E-state index contributed by atoms with van der Waals surface area (Å²) in [6, 6.07) is 6.32. The molecule has 0 radical (unpaired) electrons. The third-order valence-electron chi connectivity index (χ3n) is 5.08. The van der Waals surface area contributed by atoms with Crippen LogP contribution in [0.4, 0.5) is 0 Å². The number of fused-ring (bicyclic) bond motifs is 1. The lowest BCUT2D eigenvalue weighted by atomic mass is 9.86. The van der Waals surface area contributed by atoms with Gasteiger partial charge in [-0.05, 0) is 41.4 Å². The van der Waals surface area contributed by atoms with Gasteiger partial charge in [0.1, 0.15) is 5.58 Å². The molecule has 1 aliphatic heterocycles. The maximum atomic E-state index is 12.8. The number of carbonyl (C=O) groups is 1. The lowest BCUT2D eigenvalue weighted by Gasteiger charge is -2.35. The van der Waals surface area contributed by atoms with Gasteiger partial charge in [-0.2, -0.15) is 0 Å². The molecule has 130 valence electrons. The van der Waals surface area contributed by atoms with Gasteiger partial charge in [-0.15, -0.1) is 0 Å². The molecule has 3 nitrogen and oxygen atoms in total. The van der Waals surface area contributed by atoms with E-state index in [1.807, 2.05) is 11.0 Å². The second-order valence-electron chi connectivity index (χ2n) is 8.64. The molecule has 1 amide bonds.